The molecule has 0 unspecified atom stereocenters. The van der Waals surface area contributed by atoms with Crippen LogP contribution in [0.4, 0.5) is 5.82 Å². The Kier molecular flexibility index (Phi) is 3.22. The summed E-state index contributed by atoms with van der Waals surface area (Å²) in [5.41, 5.74) is 1.23. The molecule has 0 spiro atoms. The summed E-state index contributed by atoms with van der Waals surface area (Å²) in [6.45, 7) is 0. The van der Waals surface area contributed by atoms with Gasteiger partial charge in [0.15, 0.2) is 5.82 Å². The average Bonchev–Trinajstić information content (AvgIpc) is 2.29. The van der Waals surface area contributed by atoms with Gasteiger partial charge in [0.25, 0.3) is 0 Å². The molecule has 16 heavy (non-hydrogen) atoms. The first-order chi connectivity index (χ1) is 7.70. The molecule has 0 saturated carbocycles. The normalized spacial score (nSPS) is 10.4. The maximum Gasteiger partial charge on any atom is 0.240 e. The third-order valence-electron chi connectivity index (χ3n) is 1.91. The van der Waals surface area contributed by atoms with Crippen LogP contribution < -0.4 is 5.32 Å². The molecule has 1 aromatic heterocycles. The quantitative estimate of drug-likeness (QED) is 0.839. The second-order valence-corrected chi connectivity index (χ2v) is 3.72. The molecule has 0 atom stereocenters. The number of hydrogen-bond acceptors (Lipinski definition) is 3. The standard InChI is InChI=1S/C10H7Cl2N3O/c11-4-9(16)15-8-5-13-10-6(12)2-1-3-7(10)14-8/h1-3,5H,4H2,(H,14,15,16). The van der Waals surface area contributed by atoms with E-state index in [4.69, 9.17) is 23.2 Å². The van der Waals surface area contributed by atoms with E-state index in [1.54, 1.807) is 18.2 Å². The molecule has 4 nitrogen and oxygen atoms in total. The lowest BCUT2D eigenvalue weighted by atomic mass is 10.3. The fraction of sp³-hybridized carbons (Fsp3) is 0.100. The summed E-state index contributed by atoms with van der Waals surface area (Å²) in [6.07, 6.45) is 1.44. The number of anilines is 1. The zero-order valence-electron chi connectivity index (χ0n) is 8.08. The highest BCUT2D eigenvalue weighted by Crippen LogP contribution is 2.20. The van der Waals surface area contributed by atoms with Gasteiger partial charge in [-0.1, -0.05) is 17.7 Å². The molecule has 1 N–H and O–H groups in total. The summed E-state index contributed by atoms with van der Waals surface area (Å²) in [6, 6.07) is 5.27. The van der Waals surface area contributed by atoms with Gasteiger partial charge in [0, 0.05) is 0 Å². The predicted molar refractivity (Wildman–Crippen MR) is 63.9 cm³/mol. The fourth-order valence-corrected chi connectivity index (χ4v) is 1.53. The molecule has 0 radical (unpaired) electrons. The number of fused-ring (bicyclic) bond motifs is 1. The number of nitrogens with one attached hydrogen (secondary N) is 1. The second kappa shape index (κ2) is 4.63. The van der Waals surface area contributed by atoms with Crippen molar-refractivity contribution >= 4 is 46.0 Å². The first-order valence-electron chi connectivity index (χ1n) is 4.48. The van der Waals surface area contributed by atoms with Crippen LogP contribution in [-0.4, -0.2) is 21.8 Å². The second-order valence-electron chi connectivity index (χ2n) is 3.04. The van der Waals surface area contributed by atoms with Crippen molar-refractivity contribution in [1.29, 1.82) is 0 Å². The Balaban J connectivity index is 2.41. The van der Waals surface area contributed by atoms with Crippen LogP contribution in [0.5, 0.6) is 0 Å². The molecule has 0 aliphatic rings. The van der Waals surface area contributed by atoms with Crippen molar-refractivity contribution in [2.75, 3.05) is 11.2 Å². The monoisotopic (exact) mass is 255 g/mol. The summed E-state index contributed by atoms with van der Waals surface area (Å²) in [5.74, 6) is -0.0762. The first-order valence-corrected chi connectivity index (χ1v) is 5.39. The smallest absolute Gasteiger partial charge is 0.240 e. The maximum absolute atomic E-state index is 11.0. The van der Waals surface area contributed by atoms with Gasteiger partial charge in [-0.2, -0.15) is 0 Å². The zero-order chi connectivity index (χ0) is 11.5. The van der Waals surface area contributed by atoms with Crippen LogP contribution in [-0.2, 0) is 4.79 Å². The highest BCUT2D eigenvalue weighted by molar-refractivity contribution is 6.34. The molecule has 0 aliphatic heterocycles. The number of nitrogens with zero attached hydrogens (tertiary/aromatic N) is 2. The Hall–Kier alpha value is -1.39. The largest absolute Gasteiger partial charge is 0.308 e. The van der Waals surface area contributed by atoms with Crippen LogP contribution in [0.15, 0.2) is 24.4 Å². The van der Waals surface area contributed by atoms with Gasteiger partial charge in [0.2, 0.25) is 5.91 Å². The number of aromatic nitrogens is 2. The van der Waals surface area contributed by atoms with Crippen LogP contribution in [0.2, 0.25) is 5.02 Å². The summed E-state index contributed by atoms with van der Waals surface area (Å²) in [7, 11) is 0. The van der Waals surface area contributed by atoms with Gasteiger partial charge >= 0.3 is 0 Å². The van der Waals surface area contributed by atoms with Gasteiger partial charge in [-0.3, -0.25) is 4.79 Å². The van der Waals surface area contributed by atoms with Crippen LogP contribution in [0.25, 0.3) is 11.0 Å². The summed E-state index contributed by atoms with van der Waals surface area (Å²) >= 11 is 11.3. The molecule has 1 aromatic carbocycles. The Morgan fingerprint density at radius 3 is 3.00 bits per heavy atom. The van der Waals surface area contributed by atoms with Crippen LogP contribution in [0, 0.1) is 0 Å². The van der Waals surface area contributed by atoms with E-state index in [1.807, 2.05) is 0 Å². The van der Waals surface area contributed by atoms with Crippen molar-refractivity contribution in [3.63, 3.8) is 0 Å². The lowest BCUT2D eigenvalue weighted by Gasteiger charge is -2.03. The van der Waals surface area contributed by atoms with Crippen LogP contribution >= 0.6 is 23.2 Å². The Morgan fingerprint density at radius 1 is 1.44 bits per heavy atom. The summed E-state index contributed by atoms with van der Waals surface area (Å²) < 4.78 is 0. The molecule has 1 heterocycles. The predicted octanol–water partition coefficient (Wildman–Crippen LogP) is 2.46. The van der Waals surface area contributed by atoms with Crippen LogP contribution in [0.1, 0.15) is 0 Å². The molecule has 0 aliphatic carbocycles. The topological polar surface area (TPSA) is 54.9 Å². The van der Waals surface area contributed by atoms with Crippen LogP contribution in [0.3, 0.4) is 0 Å². The van der Waals surface area contributed by atoms with E-state index in [0.717, 1.165) is 0 Å². The van der Waals surface area contributed by atoms with Crippen molar-refractivity contribution in [1.82, 2.24) is 9.97 Å². The molecule has 0 bridgehead atoms. The number of benzene rings is 1. The number of carbonyl (C=O) groups excluding carboxylic acids is 1. The van der Waals surface area contributed by atoms with E-state index < -0.39 is 0 Å². The number of alkyl halides is 1. The maximum atomic E-state index is 11.0. The molecule has 6 heteroatoms. The van der Waals surface area contributed by atoms with E-state index in [9.17, 15) is 4.79 Å². The summed E-state index contributed by atoms with van der Waals surface area (Å²) in [5, 5.41) is 3.04. The summed E-state index contributed by atoms with van der Waals surface area (Å²) in [4.78, 5) is 19.3. The minimum Gasteiger partial charge on any atom is -0.308 e. The van der Waals surface area contributed by atoms with Gasteiger partial charge in [-0.25, -0.2) is 9.97 Å². The number of para-hydroxylation sites is 1. The third kappa shape index (κ3) is 2.23. The Bertz CT molecular complexity index is 545. The van der Waals surface area contributed by atoms with E-state index >= 15 is 0 Å². The number of carbonyl (C=O) groups is 1. The molecule has 0 saturated heterocycles. The van der Waals surface area contributed by atoms with Gasteiger partial charge in [-0.15, -0.1) is 11.6 Å². The highest BCUT2D eigenvalue weighted by atomic mass is 35.5. The molecule has 2 rings (SSSR count). The number of hydrogen-bond donors (Lipinski definition) is 1. The van der Waals surface area contributed by atoms with Gasteiger partial charge < -0.3 is 5.32 Å². The highest BCUT2D eigenvalue weighted by Gasteiger charge is 2.05. The van der Waals surface area contributed by atoms with E-state index in [2.05, 4.69) is 15.3 Å². The fourth-order valence-electron chi connectivity index (χ4n) is 1.24. The number of amides is 1. The first kappa shape index (κ1) is 11.1. The van der Waals surface area contributed by atoms with Crippen molar-refractivity contribution < 1.29 is 4.79 Å². The van der Waals surface area contributed by atoms with E-state index in [1.165, 1.54) is 6.20 Å². The van der Waals surface area contributed by atoms with Crippen molar-refractivity contribution in [3.05, 3.63) is 29.4 Å². The molecule has 0 fully saturated rings. The molecule has 1 amide bonds. The van der Waals surface area contributed by atoms with Crippen molar-refractivity contribution in [2.45, 2.75) is 0 Å². The van der Waals surface area contributed by atoms with Gasteiger partial charge in [-0.05, 0) is 12.1 Å². The lowest BCUT2D eigenvalue weighted by Crippen LogP contribution is -2.13. The minimum absolute atomic E-state index is 0.116. The SMILES string of the molecule is O=C(CCl)Nc1cnc2c(Cl)cccc2n1. The Labute approximate surface area is 102 Å². The molecule has 82 valence electrons. The molecule has 2 aromatic rings. The molecular formula is C10H7Cl2N3O. The van der Waals surface area contributed by atoms with Crippen molar-refractivity contribution in [3.8, 4) is 0 Å². The van der Waals surface area contributed by atoms with Gasteiger partial charge in [0.1, 0.15) is 11.4 Å². The molecular weight excluding hydrogens is 249 g/mol. The van der Waals surface area contributed by atoms with E-state index in [0.29, 0.717) is 21.9 Å². The van der Waals surface area contributed by atoms with E-state index in [-0.39, 0.29) is 11.8 Å². The Morgan fingerprint density at radius 2 is 2.25 bits per heavy atom. The zero-order valence-corrected chi connectivity index (χ0v) is 9.59. The van der Waals surface area contributed by atoms with Crippen molar-refractivity contribution in [2.24, 2.45) is 0 Å². The minimum atomic E-state index is -0.322. The third-order valence-corrected chi connectivity index (χ3v) is 2.46. The lowest BCUT2D eigenvalue weighted by molar-refractivity contribution is -0.113. The number of halogens is 2. The van der Waals surface area contributed by atoms with Gasteiger partial charge in [0.05, 0.1) is 16.7 Å². The average molecular weight is 256 g/mol. The number of rotatable bonds is 2.